The minimum Gasteiger partial charge on any atom is -0.354 e. The number of pyridine rings is 1. The third kappa shape index (κ3) is 4.68. The van der Waals surface area contributed by atoms with E-state index in [1.54, 1.807) is 12.3 Å². The molecule has 0 aliphatic carbocycles. The van der Waals surface area contributed by atoms with E-state index in [9.17, 15) is 9.18 Å². The van der Waals surface area contributed by atoms with E-state index in [-0.39, 0.29) is 11.4 Å². The number of benzene rings is 1. The molecule has 6 nitrogen and oxygen atoms in total. The maximum Gasteiger partial charge on any atom is 0.251 e. The van der Waals surface area contributed by atoms with Gasteiger partial charge in [0.25, 0.3) is 5.56 Å². The van der Waals surface area contributed by atoms with Crippen molar-refractivity contribution in [3.05, 3.63) is 75.0 Å². The van der Waals surface area contributed by atoms with Gasteiger partial charge in [-0.3, -0.25) is 9.69 Å². The standard InChI is InChI=1S/C22H23ClFN5O/c1-2-18-12-21(30)27-22(26-18)15-4-6-20(25-13-15)29-9-7-28(8-10-29)14-16-3-5-17(24)11-19(16)23/h3-6,11-13H,2,7-10,14H2,1H3,(H,26,27,30). The van der Waals surface area contributed by atoms with Crippen LogP contribution in [0.4, 0.5) is 10.2 Å². The number of nitrogens with zero attached hydrogens (tertiary/aromatic N) is 4. The van der Waals surface area contributed by atoms with E-state index in [0.29, 0.717) is 23.8 Å². The van der Waals surface area contributed by atoms with Crippen LogP contribution < -0.4 is 10.5 Å². The van der Waals surface area contributed by atoms with Crippen molar-refractivity contribution in [2.45, 2.75) is 19.9 Å². The van der Waals surface area contributed by atoms with Gasteiger partial charge in [-0.05, 0) is 36.2 Å². The number of anilines is 1. The van der Waals surface area contributed by atoms with Crippen LogP contribution >= 0.6 is 11.6 Å². The molecule has 2 aromatic heterocycles. The predicted octanol–water partition coefficient (Wildman–Crippen LogP) is 3.51. The zero-order valence-electron chi connectivity index (χ0n) is 16.7. The number of H-pyrrole nitrogens is 1. The molecule has 0 atom stereocenters. The van der Waals surface area contributed by atoms with Gasteiger partial charge in [-0.1, -0.05) is 24.6 Å². The summed E-state index contributed by atoms with van der Waals surface area (Å²) in [5.41, 5.74) is 2.33. The van der Waals surface area contributed by atoms with Gasteiger partial charge in [-0.2, -0.15) is 0 Å². The lowest BCUT2D eigenvalue weighted by Gasteiger charge is -2.35. The van der Waals surface area contributed by atoms with Crippen LogP contribution in [0.5, 0.6) is 0 Å². The number of rotatable bonds is 5. The molecule has 1 saturated heterocycles. The van der Waals surface area contributed by atoms with Gasteiger partial charge in [-0.25, -0.2) is 14.4 Å². The molecular weight excluding hydrogens is 405 g/mol. The number of piperazine rings is 1. The predicted molar refractivity (Wildman–Crippen MR) is 116 cm³/mol. The van der Waals surface area contributed by atoms with E-state index in [0.717, 1.165) is 48.8 Å². The summed E-state index contributed by atoms with van der Waals surface area (Å²) in [6.07, 6.45) is 2.45. The molecule has 0 bridgehead atoms. The topological polar surface area (TPSA) is 65.1 Å². The number of aryl methyl sites for hydroxylation is 1. The Balaban J connectivity index is 1.39. The fourth-order valence-electron chi connectivity index (χ4n) is 3.56. The van der Waals surface area contributed by atoms with Gasteiger partial charge in [0.05, 0.1) is 0 Å². The average molecular weight is 428 g/mol. The quantitative estimate of drug-likeness (QED) is 0.675. The second kappa shape index (κ2) is 8.93. The van der Waals surface area contributed by atoms with E-state index in [2.05, 4.69) is 24.8 Å². The summed E-state index contributed by atoms with van der Waals surface area (Å²) in [4.78, 5) is 28.2. The molecule has 0 unspecified atom stereocenters. The Morgan fingerprint density at radius 1 is 1.13 bits per heavy atom. The Hall–Kier alpha value is -2.77. The van der Waals surface area contributed by atoms with Crippen molar-refractivity contribution in [1.82, 2.24) is 19.9 Å². The van der Waals surface area contributed by atoms with Gasteiger partial charge in [-0.15, -0.1) is 0 Å². The van der Waals surface area contributed by atoms with Crippen LogP contribution in [-0.4, -0.2) is 46.0 Å². The van der Waals surface area contributed by atoms with Crippen LogP contribution in [0.1, 0.15) is 18.2 Å². The van der Waals surface area contributed by atoms with Gasteiger partial charge < -0.3 is 9.88 Å². The third-order valence-electron chi connectivity index (χ3n) is 5.28. The molecule has 1 fully saturated rings. The molecule has 1 aromatic carbocycles. The van der Waals surface area contributed by atoms with Crippen LogP contribution in [0, 0.1) is 5.82 Å². The van der Waals surface area contributed by atoms with Gasteiger partial charge >= 0.3 is 0 Å². The van der Waals surface area contributed by atoms with Crippen molar-refractivity contribution in [2.24, 2.45) is 0 Å². The molecule has 156 valence electrons. The first-order valence-electron chi connectivity index (χ1n) is 9.99. The molecule has 0 spiro atoms. The van der Waals surface area contributed by atoms with Crippen molar-refractivity contribution in [1.29, 1.82) is 0 Å². The zero-order valence-corrected chi connectivity index (χ0v) is 17.5. The average Bonchev–Trinajstić information content (AvgIpc) is 2.76. The Morgan fingerprint density at radius 3 is 2.60 bits per heavy atom. The number of halogens is 2. The van der Waals surface area contributed by atoms with Crippen LogP contribution in [0.3, 0.4) is 0 Å². The summed E-state index contributed by atoms with van der Waals surface area (Å²) in [5.74, 6) is 1.12. The maximum absolute atomic E-state index is 13.2. The highest BCUT2D eigenvalue weighted by Gasteiger charge is 2.19. The number of nitrogens with one attached hydrogen (secondary N) is 1. The lowest BCUT2D eigenvalue weighted by molar-refractivity contribution is 0.249. The van der Waals surface area contributed by atoms with Crippen LogP contribution in [0.2, 0.25) is 5.02 Å². The first-order chi connectivity index (χ1) is 14.5. The molecule has 4 rings (SSSR count). The van der Waals surface area contributed by atoms with Crippen molar-refractivity contribution in [3.63, 3.8) is 0 Å². The summed E-state index contributed by atoms with van der Waals surface area (Å²) in [6.45, 7) is 6.08. The monoisotopic (exact) mass is 427 g/mol. The molecule has 0 radical (unpaired) electrons. The molecule has 8 heteroatoms. The molecule has 3 heterocycles. The normalized spacial score (nSPS) is 14.8. The van der Waals surface area contributed by atoms with Gasteiger partial charge in [0, 0.05) is 61.3 Å². The fraction of sp³-hybridized carbons (Fsp3) is 0.318. The first-order valence-corrected chi connectivity index (χ1v) is 10.4. The van der Waals surface area contributed by atoms with Crippen molar-refractivity contribution in [3.8, 4) is 11.4 Å². The third-order valence-corrected chi connectivity index (χ3v) is 5.64. The summed E-state index contributed by atoms with van der Waals surface area (Å²) in [6, 6.07) is 9.96. The molecular formula is C22H23ClFN5O. The lowest BCUT2D eigenvalue weighted by atomic mass is 10.2. The number of aromatic amines is 1. The molecule has 3 aromatic rings. The number of aromatic nitrogens is 3. The second-order valence-electron chi connectivity index (χ2n) is 7.34. The van der Waals surface area contributed by atoms with Crippen LogP contribution in [0.15, 0.2) is 47.4 Å². The van der Waals surface area contributed by atoms with E-state index >= 15 is 0 Å². The Kier molecular flexibility index (Phi) is 6.11. The lowest BCUT2D eigenvalue weighted by Crippen LogP contribution is -2.46. The van der Waals surface area contributed by atoms with Gasteiger partial charge in [0.1, 0.15) is 17.5 Å². The SMILES string of the molecule is CCc1cc(=O)[nH]c(-c2ccc(N3CCN(Cc4ccc(F)cc4Cl)CC3)nc2)n1. The highest BCUT2D eigenvalue weighted by atomic mass is 35.5. The van der Waals surface area contributed by atoms with Crippen LogP contribution in [-0.2, 0) is 13.0 Å². The molecule has 0 saturated carbocycles. The largest absolute Gasteiger partial charge is 0.354 e. The first kappa shape index (κ1) is 20.5. The van der Waals surface area contributed by atoms with Gasteiger partial charge in [0.15, 0.2) is 0 Å². The van der Waals surface area contributed by atoms with E-state index in [1.807, 2.05) is 19.1 Å². The van der Waals surface area contributed by atoms with E-state index in [4.69, 9.17) is 11.6 Å². The molecule has 0 amide bonds. The Morgan fingerprint density at radius 2 is 1.93 bits per heavy atom. The maximum atomic E-state index is 13.2. The van der Waals surface area contributed by atoms with Crippen LogP contribution in [0.25, 0.3) is 11.4 Å². The summed E-state index contributed by atoms with van der Waals surface area (Å²) in [5, 5.41) is 0.466. The van der Waals surface area contributed by atoms with E-state index in [1.165, 1.54) is 18.2 Å². The second-order valence-corrected chi connectivity index (χ2v) is 7.75. The minimum atomic E-state index is -0.316. The van der Waals surface area contributed by atoms with E-state index < -0.39 is 0 Å². The fourth-order valence-corrected chi connectivity index (χ4v) is 3.79. The molecule has 1 aliphatic heterocycles. The summed E-state index contributed by atoms with van der Waals surface area (Å²) >= 11 is 6.15. The summed E-state index contributed by atoms with van der Waals surface area (Å²) < 4.78 is 13.2. The van der Waals surface area contributed by atoms with Crippen molar-refractivity contribution < 1.29 is 4.39 Å². The smallest absolute Gasteiger partial charge is 0.251 e. The summed E-state index contributed by atoms with van der Waals surface area (Å²) in [7, 11) is 0. The Labute approximate surface area is 179 Å². The zero-order chi connectivity index (χ0) is 21.1. The van der Waals surface area contributed by atoms with Crippen molar-refractivity contribution >= 4 is 17.4 Å². The highest BCUT2D eigenvalue weighted by Crippen LogP contribution is 2.22. The number of hydrogen-bond acceptors (Lipinski definition) is 5. The molecule has 30 heavy (non-hydrogen) atoms. The van der Waals surface area contributed by atoms with Crippen molar-refractivity contribution in [2.75, 3.05) is 31.1 Å². The Bertz CT molecular complexity index is 1080. The molecule has 1 aliphatic rings. The molecule has 1 N–H and O–H groups in total. The highest BCUT2D eigenvalue weighted by molar-refractivity contribution is 6.31. The van der Waals surface area contributed by atoms with Gasteiger partial charge in [0.2, 0.25) is 0 Å². The minimum absolute atomic E-state index is 0.154. The number of hydrogen-bond donors (Lipinski definition) is 1.